The van der Waals surface area contributed by atoms with E-state index in [0.29, 0.717) is 11.4 Å². The Kier molecular flexibility index (Phi) is 3.03. The Balaban J connectivity index is 2.42. The van der Waals surface area contributed by atoms with Crippen LogP contribution in [0.3, 0.4) is 0 Å². The summed E-state index contributed by atoms with van der Waals surface area (Å²) in [6.45, 7) is 0. The molecule has 6 heteroatoms. The molecule has 0 aliphatic heterocycles. The fourth-order valence-corrected chi connectivity index (χ4v) is 1.39. The highest BCUT2D eigenvalue weighted by atomic mass is 35.5. The Morgan fingerprint density at radius 3 is 2.56 bits per heavy atom. The second-order valence-corrected chi connectivity index (χ2v) is 3.35. The van der Waals surface area contributed by atoms with Crippen LogP contribution < -0.4 is 0 Å². The quantitative estimate of drug-likeness (QED) is 0.784. The minimum atomic E-state index is -0.597. The zero-order valence-electron chi connectivity index (χ0n) is 8.08. The molecule has 0 amide bonds. The van der Waals surface area contributed by atoms with Crippen molar-refractivity contribution in [1.29, 1.82) is 5.26 Å². The number of rotatable bonds is 2. The fraction of sp³-hybridized carbons (Fsp3) is 0.100. The standard InChI is InChI=1S/C10H6ClN5/c11-10-6-14-5-9(16-10)7(3-12)8-4-13-1-2-15-8/h1-2,4-7H. The van der Waals surface area contributed by atoms with Crippen molar-refractivity contribution in [1.82, 2.24) is 19.9 Å². The lowest BCUT2D eigenvalue weighted by atomic mass is 10.0. The molecule has 0 bridgehead atoms. The molecule has 0 saturated carbocycles. The highest BCUT2D eigenvalue weighted by Crippen LogP contribution is 2.19. The first-order chi connectivity index (χ1) is 7.81. The van der Waals surface area contributed by atoms with E-state index in [1.165, 1.54) is 24.8 Å². The summed E-state index contributed by atoms with van der Waals surface area (Å²) in [6.07, 6.45) is 7.50. The largest absolute Gasteiger partial charge is 0.261 e. The van der Waals surface area contributed by atoms with Gasteiger partial charge in [0.05, 0.1) is 36.0 Å². The molecule has 0 fully saturated rings. The van der Waals surface area contributed by atoms with Gasteiger partial charge in [0.15, 0.2) is 0 Å². The van der Waals surface area contributed by atoms with Crippen molar-refractivity contribution in [2.45, 2.75) is 5.92 Å². The van der Waals surface area contributed by atoms with Crippen molar-refractivity contribution >= 4 is 11.6 Å². The summed E-state index contributed by atoms with van der Waals surface area (Å²) < 4.78 is 0. The lowest BCUT2D eigenvalue weighted by molar-refractivity contribution is 0.888. The van der Waals surface area contributed by atoms with Crippen LogP contribution in [-0.2, 0) is 0 Å². The number of hydrogen-bond acceptors (Lipinski definition) is 5. The van der Waals surface area contributed by atoms with E-state index in [1.54, 1.807) is 6.20 Å². The average Bonchev–Trinajstić information content (AvgIpc) is 2.31. The molecule has 0 aromatic carbocycles. The molecule has 16 heavy (non-hydrogen) atoms. The van der Waals surface area contributed by atoms with Gasteiger partial charge in [-0.2, -0.15) is 5.26 Å². The number of nitriles is 1. The van der Waals surface area contributed by atoms with Gasteiger partial charge < -0.3 is 0 Å². The van der Waals surface area contributed by atoms with Crippen molar-refractivity contribution in [2.75, 3.05) is 0 Å². The highest BCUT2D eigenvalue weighted by molar-refractivity contribution is 6.29. The van der Waals surface area contributed by atoms with Gasteiger partial charge in [-0.05, 0) is 0 Å². The van der Waals surface area contributed by atoms with Gasteiger partial charge in [-0.3, -0.25) is 15.0 Å². The van der Waals surface area contributed by atoms with Crippen LogP contribution in [-0.4, -0.2) is 19.9 Å². The summed E-state index contributed by atoms with van der Waals surface area (Å²) in [5.74, 6) is -0.597. The van der Waals surface area contributed by atoms with Gasteiger partial charge in [-0.25, -0.2) is 4.98 Å². The Labute approximate surface area is 96.8 Å². The monoisotopic (exact) mass is 231 g/mol. The maximum absolute atomic E-state index is 9.10. The maximum Gasteiger partial charge on any atom is 0.147 e. The number of halogens is 1. The van der Waals surface area contributed by atoms with Gasteiger partial charge >= 0.3 is 0 Å². The van der Waals surface area contributed by atoms with E-state index in [1.807, 2.05) is 0 Å². The second-order valence-electron chi connectivity index (χ2n) is 2.96. The minimum Gasteiger partial charge on any atom is -0.261 e. The van der Waals surface area contributed by atoms with Crippen LogP contribution in [0.4, 0.5) is 0 Å². The third-order valence-corrected chi connectivity index (χ3v) is 2.11. The van der Waals surface area contributed by atoms with Crippen molar-refractivity contribution in [3.63, 3.8) is 0 Å². The first-order valence-electron chi connectivity index (χ1n) is 4.44. The molecule has 78 valence electrons. The minimum absolute atomic E-state index is 0.252. The van der Waals surface area contributed by atoms with Gasteiger partial charge in [0, 0.05) is 12.4 Å². The molecular formula is C10H6ClN5. The lowest BCUT2D eigenvalue weighted by Gasteiger charge is -2.06. The summed E-state index contributed by atoms with van der Waals surface area (Å²) in [6, 6.07) is 2.10. The Hall–Kier alpha value is -2.06. The van der Waals surface area contributed by atoms with E-state index >= 15 is 0 Å². The molecule has 1 unspecified atom stereocenters. The lowest BCUT2D eigenvalue weighted by Crippen LogP contribution is -2.04. The Morgan fingerprint density at radius 1 is 1.12 bits per heavy atom. The predicted octanol–water partition coefficient (Wildman–Crippen LogP) is 1.58. The van der Waals surface area contributed by atoms with Gasteiger partial charge in [-0.15, -0.1) is 0 Å². The molecule has 2 aromatic heterocycles. The van der Waals surface area contributed by atoms with Crippen molar-refractivity contribution in [3.8, 4) is 6.07 Å². The van der Waals surface area contributed by atoms with E-state index in [0.717, 1.165) is 0 Å². The third kappa shape index (κ3) is 2.12. The summed E-state index contributed by atoms with van der Waals surface area (Å²) in [7, 11) is 0. The molecule has 5 nitrogen and oxygen atoms in total. The number of nitrogens with zero attached hydrogens (tertiary/aromatic N) is 5. The summed E-state index contributed by atoms with van der Waals surface area (Å²) >= 11 is 5.71. The van der Waals surface area contributed by atoms with Crippen molar-refractivity contribution in [3.05, 3.63) is 47.5 Å². The summed E-state index contributed by atoms with van der Waals surface area (Å²) in [5, 5.41) is 9.35. The Bertz CT molecular complexity index is 522. The van der Waals surface area contributed by atoms with Crippen molar-refractivity contribution in [2.24, 2.45) is 0 Å². The van der Waals surface area contributed by atoms with Crippen LogP contribution >= 0.6 is 11.6 Å². The van der Waals surface area contributed by atoms with Crippen LogP contribution in [0.15, 0.2) is 31.0 Å². The molecule has 0 aliphatic carbocycles. The first kappa shape index (κ1) is 10.5. The molecule has 2 aromatic rings. The van der Waals surface area contributed by atoms with E-state index in [-0.39, 0.29) is 5.15 Å². The van der Waals surface area contributed by atoms with E-state index < -0.39 is 5.92 Å². The molecule has 0 spiro atoms. The van der Waals surface area contributed by atoms with Gasteiger partial charge in [0.25, 0.3) is 0 Å². The fourth-order valence-electron chi connectivity index (χ4n) is 1.24. The van der Waals surface area contributed by atoms with Crippen LogP contribution in [0.1, 0.15) is 17.3 Å². The number of hydrogen-bond donors (Lipinski definition) is 0. The van der Waals surface area contributed by atoms with Crippen LogP contribution in [0.5, 0.6) is 0 Å². The SMILES string of the molecule is N#CC(c1cnccn1)c1cncc(Cl)n1. The van der Waals surface area contributed by atoms with Crippen LogP contribution in [0, 0.1) is 11.3 Å². The molecule has 1 atom stereocenters. The normalized spacial score (nSPS) is 11.8. The predicted molar refractivity (Wildman–Crippen MR) is 56.5 cm³/mol. The molecular weight excluding hydrogens is 226 g/mol. The smallest absolute Gasteiger partial charge is 0.147 e. The van der Waals surface area contributed by atoms with E-state index in [4.69, 9.17) is 16.9 Å². The van der Waals surface area contributed by atoms with Crippen LogP contribution in [0.2, 0.25) is 5.15 Å². The highest BCUT2D eigenvalue weighted by Gasteiger charge is 2.17. The third-order valence-electron chi connectivity index (χ3n) is 1.93. The molecule has 0 radical (unpaired) electrons. The number of aromatic nitrogens is 4. The topological polar surface area (TPSA) is 75.3 Å². The van der Waals surface area contributed by atoms with Gasteiger partial charge in [-0.1, -0.05) is 11.6 Å². The van der Waals surface area contributed by atoms with Crippen molar-refractivity contribution < 1.29 is 0 Å². The van der Waals surface area contributed by atoms with Gasteiger partial charge in [0.2, 0.25) is 0 Å². The zero-order valence-corrected chi connectivity index (χ0v) is 8.83. The van der Waals surface area contributed by atoms with Crippen LogP contribution in [0.25, 0.3) is 0 Å². The molecule has 0 N–H and O–H groups in total. The summed E-state index contributed by atoms with van der Waals surface area (Å²) in [5.41, 5.74) is 0.997. The molecule has 2 rings (SSSR count). The molecule has 0 aliphatic rings. The average molecular weight is 232 g/mol. The van der Waals surface area contributed by atoms with Gasteiger partial charge in [0.1, 0.15) is 11.1 Å². The second kappa shape index (κ2) is 4.64. The molecule has 0 saturated heterocycles. The Morgan fingerprint density at radius 2 is 1.94 bits per heavy atom. The molecule has 2 heterocycles. The summed E-state index contributed by atoms with van der Waals surface area (Å²) in [4.78, 5) is 15.9. The van der Waals surface area contributed by atoms with E-state index in [9.17, 15) is 0 Å². The maximum atomic E-state index is 9.10. The first-order valence-corrected chi connectivity index (χ1v) is 4.82. The zero-order chi connectivity index (χ0) is 11.4. The van der Waals surface area contributed by atoms with E-state index in [2.05, 4.69) is 26.0 Å².